The van der Waals surface area contributed by atoms with Crippen molar-refractivity contribution < 1.29 is 9.90 Å². The Kier molecular flexibility index (Phi) is 4.18. The number of aliphatic carboxylic acids is 1. The minimum Gasteiger partial charge on any atom is -0.481 e. The lowest BCUT2D eigenvalue weighted by atomic mass is 9.80. The van der Waals surface area contributed by atoms with E-state index in [1.165, 1.54) is 0 Å². The van der Waals surface area contributed by atoms with Gasteiger partial charge in [-0.3, -0.25) is 14.8 Å². The van der Waals surface area contributed by atoms with Gasteiger partial charge in [0, 0.05) is 28.8 Å². The van der Waals surface area contributed by atoms with Crippen molar-refractivity contribution >= 4 is 16.9 Å². The Labute approximate surface area is 146 Å². The summed E-state index contributed by atoms with van der Waals surface area (Å²) in [6, 6.07) is 16.3. The van der Waals surface area contributed by atoms with Crippen LogP contribution in [0.5, 0.6) is 0 Å². The third kappa shape index (κ3) is 3.12. The third-order valence-corrected chi connectivity index (χ3v) is 5.15. The lowest BCUT2D eigenvalue weighted by Crippen LogP contribution is -2.21. The van der Waals surface area contributed by atoms with Crippen molar-refractivity contribution in [2.45, 2.75) is 31.6 Å². The number of hydrogen-bond acceptors (Lipinski definition) is 3. The highest BCUT2D eigenvalue weighted by molar-refractivity contribution is 5.91. The van der Waals surface area contributed by atoms with Gasteiger partial charge in [0.05, 0.1) is 17.1 Å². The second-order valence-corrected chi connectivity index (χ2v) is 6.72. The van der Waals surface area contributed by atoms with E-state index in [9.17, 15) is 9.90 Å². The number of benzene rings is 1. The summed E-state index contributed by atoms with van der Waals surface area (Å²) in [6.07, 6.45) is 5.02. The van der Waals surface area contributed by atoms with Gasteiger partial charge in [0.15, 0.2) is 0 Å². The molecule has 0 unspecified atom stereocenters. The predicted octanol–water partition coefficient (Wildman–Crippen LogP) is 4.66. The van der Waals surface area contributed by atoms with Crippen LogP contribution in [0.15, 0.2) is 54.7 Å². The summed E-state index contributed by atoms with van der Waals surface area (Å²) < 4.78 is 0. The smallest absolute Gasteiger partial charge is 0.306 e. The van der Waals surface area contributed by atoms with E-state index in [0.29, 0.717) is 5.92 Å². The lowest BCUT2D eigenvalue weighted by molar-refractivity contribution is -0.142. The Hall–Kier alpha value is -2.75. The van der Waals surface area contributed by atoms with E-state index in [0.717, 1.165) is 53.5 Å². The van der Waals surface area contributed by atoms with Crippen molar-refractivity contribution in [3.63, 3.8) is 0 Å². The number of carboxylic acid groups (broad SMARTS) is 1. The van der Waals surface area contributed by atoms with Crippen molar-refractivity contribution in [2.24, 2.45) is 5.92 Å². The molecule has 2 aromatic heterocycles. The van der Waals surface area contributed by atoms with Gasteiger partial charge in [-0.05, 0) is 37.8 Å². The van der Waals surface area contributed by atoms with Crippen LogP contribution < -0.4 is 0 Å². The van der Waals surface area contributed by atoms with Crippen LogP contribution in [0.2, 0.25) is 0 Å². The average Bonchev–Trinajstić information content (AvgIpc) is 2.68. The third-order valence-electron chi connectivity index (χ3n) is 5.15. The van der Waals surface area contributed by atoms with E-state index in [2.05, 4.69) is 29.2 Å². The van der Waals surface area contributed by atoms with Crippen molar-refractivity contribution in [3.05, 3.63) is 60.4 Å². The molecule has 1 saturated carbocycles. The van der Waals surface area contributed by atoms with Crippen LogP contribution in [0.25, 0.3) is 22.2 Å². The molecule has 1 fully saturated rings. The van der Waals surface area contributed by atoms with E-state index >= 15 is 0 Å². The standard InChI is InChI=1S/C21H20N2O2/c24-21(25)16-10-8-14(9-11-16)18-13-17-7-4-12-22-19(17)20(23-18)15-5-2-1-3-6-15/h1-7,12-14,16H,8-11H2,(H,24,25). The molecule has 0 atom stereocenters. The zero-order valence-electron chi connectivity index (χ0n) is 13.9. The summed E-state index contributed by atoms with van der Waals surface area (Å²) in [4.78, 5) is 20.7. The van der Waals surface area contributed by atoms with Crippen LogP contribution in [0.1, 0.15) is 37.3 Å². The number of pyridine rings is 2. The Bertz CT molecular complexity index is 900. The van der Waals surface area contributed by atoms with Gasteiger partial charge in [-0.15, -0.1) is 0 Å². The lowest BCUT2D eigenvalue weighted by Gasteiger charge is -2.26. The SMILES string of the molecule is O=C(O)C1CCC(c2cc3cccnc3c(-c3ccccc3)n2)CC1. The predicted molar refractivity (Wildman–Crippen MR) is 97.3 cm³/mol. The van der Waals surface area contributed by atoms with Gasteiger partial charge >= 0.3 is 5.97 Å². The molecular formula is C21H20N2O2. The molecule has 25 heavy (non-hydrogen) atoms. The fraction of sp³-hybridized carbons (Fsp3) is 0.286. The largest absolute Gasteiger partial charge is 0.481 e. The molecule has 1 aliphatic rings. The second-order valence-electron chi connectivity index (χ2n) is 6.72. The first-order chi connectivity index (χ1) is 12.2. The second kappa shape index (κ2) is 6.63. The number of nitrogens with zero attached hydrogens (tertiary/aromatic N) is 2. The summed E-state index contributed by atoms with van der Waals surface area (Å²) in [5, 5.41) is 10.3. The molecule has 4 heteroatoms. The Morgan fingerprint density at radius 3 is 2.48 bits per heavy atom. The van der Waals surface area contributed by atoms with E-state index in [1.807, 2.05) is 24.3 Å². The van der Waals surface area contributed by atoms with E-state index < -0.39 is 5.97 Å². The monoisotopic (exact) mass is 332 g/mol. The Balaban J connectivity index is 1.75. The Morgan fingerprint density at radius 1 is 1.00 bits per heavy atom. The van der Waals surface area contributed by atoms with Crippen molar-refractivity contribution in [1.29, 1.82) is 0 Å². The maximum atomic E-state index is 11.2. The molecule has 0 bridgehead atoms. The van der Waals surface area contributed by atoms with E-state index in [-0.39, 0.29) is 5.92 Å². The number of hydrogen-bond donors (Lipinski definition) is 1. The number of carbonyl (C=O) groups is 1. The van der Waals surface area contributed by atoms with Gasteiger partial charge in [0.2, 0.25) is 0 Å². The summed E-state index contributed by atoms with van der Waals surface area (Å²) in [7, 11) is 0. The minimum atomic E-state index is -0.668. The number of fused-ring (bicyclic) bond motifs is 1. The molecule has 126 valence electrons. The molecule has 0 amide bonds. The molecule has 1 N–H and O–H groups in total. The molecule has 0 spiro atoms. The minimum absolute atomic E-state index is 0.202. The fourth-order valence-electron chi connectivity index (χ4n) is 3.75. The van der Waals surface area contributed by atoms with Crippen LogP contribution in [0, 0.1) is 5.92 Å². The highest BCUT2D eigenvalue weighted by Gasteiger charge is 2.28. The van der Waals surface area contributed by atoms with E-state index in [4.69, 9.17) is 4.98 Å². The first-order valence-electron chi connectivity index (χ1n) is 8.76. The zero-order chi connectivity index (χ0) is 17.2. The molecular weight excluding hydrogens is 312 g/mol. The molecule has 4 rings (SSSR count). The molecule has 3 aromatic rings. The van der Waals surface area contributed by atoms with Gasteiger partial charge in [-0.1, -0.05) is 36.4 Å². The molecule has 2 heterocycles. The molecule has 0 radical (unpaired) electrons. The quantitative estimate of drug-likeness (QED) is 0.758. The molecule has 0 aliphatic heterocycles. The van der Waals surface area contributed by atoms with Crippen LogP contribution in [0.3, 0.4) is 0 Å². The molecule has 1 aliphatic carbocycles. The van der Waals surface area contributed by atoms with Crippen molar-refractivity contribution in [1.82, 2.24) is 9.97 Å². The molecule has 4 nitrogen and oxygen atoms in total. The average molecular weight is 332 g/mol. The van der Waals surface area contributed by atoms with Gasteiger partial charge in [-0.2, -0.15) is 0 Å². The van der Waals surface area contributed by atoms with Crippen LogP contribution in [-0.4, -0.2) is 21.0 Å². The number of carboxylic acids is 1. The van der Waals surface area contributed by atoms with Crippen LogP contribution >= 0.6 is 0 Å². The highest BCUT2D eigenvalue weighted by Crippen LogP contribution is 2.37. The van der Waals surface area contributed by atoms with Crippen molar-refractivity contribution in [2.75, 3.05) is 0 Å². The first kappa shape index (κ1) is 15.8. The van der Waals surface area contributed by atoms with E-state index in [1.54, 1.807) is 6.20 Å². The summed E-state index contributed by atoms with van der Waals surface area (Å²) in [5.41, 5.74) is 3.95. The van der Waals surface area contributed by atoms with Crippen LogP contribution in [0.4, 0.5) is 0 Å². The fourth-order valence-corrected chi connectivity index (χ4v) is 3.75. The normalized spacial score (nSPS) is 20.5. The topological polar surface area (TPSA) is 63.1 Å². The highest BCUT2D eigenvalue weighted by atomic mass is 16.4. The zero-order valence-corrected chi connectivity index (χ0v) is 13.9. The number of rotatable bonds is 3. The Morgan fingerprint density at radius 2 is 1.76 bits per heavy atom. The molecule has 0 saturated heterocycles. The van der Waals surface area contributed by atoms with Gasteiger partial charge in [0.1, 0.15) is 0 Å². The number of aromatic nitrogens is 2. The summed E-state index contributed by atoms with van der Waals surface area (Å²) in [6.45, 7) is 0. The van der Waals surface area contributed by atoms with Crippen molar-refractivity contribution in [3.8, 4) is 11.3 Å². The van der Waals surface area contributed by atoms with Gasteiger partial charge in [-0.25, -0.2) is 0 Å². The maximum absolute atomic E-state index is 11.2. The van der Waals surface area contributed by atoms with Crippen LogP contribution in [-0.2, 0) is 4.79 Å². The van der Waals surface area contributed by atoms with Gasteiger partial charge < -0.3 is 5.11 Å². The van der Waals surface area contributed by atoms with Gasteiger partial charge in [0.25, 0.3) is 0 Å². The first-order valence-corrected chi connectivity index (χ1v) is 8.76. The summed E-state index contributed by atoms with van der Waals surface area (Å²) >= 11 is 0. The maximum Gasteiger partial charge on any atom is 0.306 e. The summed E-state index contributed by atoms with van der Waals surface area (Å²) in [5.74, 6) is -0.547. The molecule has 1 aromatic carbocycles.